The van der Waals surface area contributed by atoms with Crippen molar-refractivity contribution in [1.82, 2.24) is 19.7 Å². The molecule has 0 aliphatic carbocycles. The van der Waals surface area contributed by atoms with Crippen LogP contribution in [-0.4, -0.2) is 19.7 Å². The highest BCUT2D eigenvalue weighted by Gasteiger charge is 2.15. The Bertz CT molecular complexity index is 1470. The Morgan fingerprint density at radius 2 is 1.58 bits per heavy atom. The van der Waals surface area contributed by atoms with Gasteiger partial charge in [-0.1, -0.05) is 71.4 Å². The molecule has 0 radical (unpaired) electrons. The number of hydrogen-bond donors (Lipinski definition) is 0. The molecule has 0 spiro atoms. The molecule has 0 saturated heterocycles. The van der Waals surface area contributed by atoms with Crippen LogP contribution in [-0.2, 0) is 12.3 Å². The fourth-order valence-electron chi connectivity index (χ4n) is 3.52. The quantitative estimate of drug-likeness (QED) is 0.252. The average Bonchev–Trinajstić information content (AvgIpc) is 3.30. The highest BCUT2D eigenvalue weighted by molar-refractivity contribution is 7.98. The molecule has 3 aromatic carbocycles. The van der Waals surface area contributed by atoms with E-state index in [4.69, 9.17) is 9.40 Å². The second-order valence-corrected chi connectivity index (χ2v) is 8.89. The van der Waals surface area contributed by atoms with Gasteiger partial charge < -0.3 is 4.42 Å². The molecule has 5 aromatic rings. The fourth-order valence-corrected chi connectivity index (χ4v) is 4.36. The molecule has 0 aliphatic rings. The Labute approximate surface area is 195 Å². The molecule has 164 valence electrons. The smallest absolute Gasteiger partial charge is 0.262 e. The Morgan fingerprint density at radius 1 is 0.879 bits per heavy atom. The third-order valence-electron chi connectivity index (χ3n) is 5.38. The van der Waals surface area contributed by atoms with Crippen LogP contribution in [0.15, 0.2) is 87.2 Å². The number of benzene rings is 3. The third-order valence-corrected chi connectivity index (χ3v) is 6.34. The van der Waals surface area contributed by atoms with Gasteiger partial charge in [0.1, 0.15) is 0 Å². The Hall–Kier alpha value is -3.71. The van der Waals surface area contributed by atoms with Gasteiger partial charge in [-0.2, -0.15) is 0 Å². The van der Waals surface area contributed by atoms with Gasteiger partial charge in [-0.05, 0) is 43.7 Å². The van der Waals surface area contributed by atoms with E-state index in [1.807, 2.05) is 86.6 Å². The zero-order valence-corrected chi connectivity index (χ0v) is 19.2. The van der Waals surface area contributed by atoms with Crippen LogP contribution in [0.4, 0.5) is 0 Å². The first-order valence-corrected chi connectivity index (χ1v) is 11.6. The van der Waals surface area contributed by atoms with Gasteiger partial charge in [0.25, 0.3) is 5.56 Å². The zero-order chi connectivity index (χ0) is 22.8. The molecule has 0 atom stereocenters. The molecule has 0 saturated carbocycles. The van der Waals surface area contributed by atoms with Gasteiger partial charge in [0.2, 0.25) is 11.8 Å². The van der Waals surface area contributed by atoms with Crippen molar-refractivity contribution < 1.29 is 4.42 Å². The first kappa shape index (κ1) is 21.2. The Balaban J connectivity index is 1.45. The average molecular weight is 455 g/mol. The van der Waals surface area contributed by atoms with Gasteiger partial charge >= 0.3 is 0 Å². The molecule has 33 heavy (non-hydrogen) atoms. The summed E-state index contributed by atoms with van der Waals surface area (Å²) in [6.07, 6.45) is 0. The van der Waals surface area contributed by atoms with Crippen LogP contribution in [0.25, 0.3) is 22.4 Å². The van der Waals surface area contributed by atoms with E-state index in [1.54, 1.807) is 4.57 Å². The molecular formula is C26H22N4O2S. The van der Waals surface area contributed by atoms with Gasteiger partial charge in [-0.25, -0.2) is 4.98 Å². The fraction of sp³-hybridized carbons (Fsp3) is 0.154. The van der Waals surface area contributed by atoms with E-state index in [9.17, 15) is 4.79 Å². The lowest BCUT2D eigenvalue weighted by atomic mass is 10.1. The summed E-state index contributed by atoms with van der Waals surface area (Å²) in [6, 6.07) is 23.5. The summed E-state index contributed by atoms with van der Waals surface area (Å²) in [4.78, 5) is 18.1. The second-order valence-electron chi connectivity index (χ2n) is 7.94. The summed E-state index contributed by atoms with van der Waals surface area (Å²) in [5, 5.41) is 9.59. The molecule has 0 aliphatic heterocycles. The zero-order valence-electron chi connectivity index (χ0n) is 18.4. The lowest BCUT2D eigenvalue weighted by Crippen LogP contribution is -2.24. The number of nitrogens with zero attached hydrogens (tertiary/aromatic N) is 4. The van der Waals surface area contributed by atoms with E-state index in [1.165, 1.54) is 22.9 Å². The number of para-hydroxylation sites is 1. The maximum Gasteiger partial charge on any atom is 0.262 e. The molecule has 0 N–H and O–H groups in total. The highest BCUT2D eigenvalue weighted by Crippen LogP contribution is 2.25. The maximum absolute atomic E-state index is 13.3. The van der Waals surface area contributed by atoms with Crippen LogP contribution in [0.3, 0.4) is 0 Å². The molecule has 7 heteroatoms. The SMILES string of the molecule is Cc1ccc(Cn2c(SCc3nnc(-c4ccc(C)cc4)o3)nc3ccccc3c2=O)cc1. The summed E-state index contributed by atoms with van der Waals surface area (Å²) in [7, 11) is 0. The van der Waals surface area contributed by atoms with Gasteiger partial charge in [-0.15, -0.1) is 10.2 Å². The van der Waals surface area contributed by atoms with Crippen molar-refractivity contribution in [3.8, 4) is 11.5 Å². The largest absolute Gasteiger partial charge is 0.420 e. The normalized spacial score (nSPS) is 11.2. The molecule has 0 amide bonds. The third kappa shape index (κ3) is 4.59. The van der Waals surface area contributed by atoms with Crippen LogP contribution < -0.4 is 5.56 Å². The van der Waals surface area contributed by atoms with E-state index in [2.05, 4.69) is 10.2 Å². The molecule has 2 aromatic heterocycles. The van der Waals surface area contributed by atoms with E-state index >= 15 is 0 Å². The number of thioether (sulfide) groups is 1. The van der Waals surface area contributed by atoms with Crippen molar-refractivity contribution in [3.05, 3.63) is 106 Å². The minimum Gasteiger partial charge on any atom is -0.420 e. The number of fused-ring (bicyclic) bond motifs is 1. The topological polar surface area (TPSA) is 73.8 Å². The minimum atomic E-state index is -0.0606. The molecule has 2 heterocycles. The van der Waals surface area contributed by atoms with Crippen LogP contribution in [0.5, 0.6) is 0 Å². The van der Waals surface area contributed by atoms with Crippen LogP contribution in [0.2, 0.25) is 0 Å². The molecule has 5 rings (SSSR count). The van der Waals surface area contributed by atoms with Crippen LogP contribution in [0.1, 0.15) is 22.6 Å². The van der Waals surface area contributed by atoms with Crippen molar-refractivity contribution in [2.45, 2.75) is 31.3 Å². The van der Waals surface area contributed by atoms with Crippen LogP contribution >= 0.6 is 11.8 Å². The van der Waals surface area contributed by atoms with Crippen molar-refractivity contribution in [3.63, 3.8) is 0 Å². The van der Waals surface area contributed by atoms with Crippen molar-refractivity contribution in [2.24, 2.45) is 0 Å². The monoisotopic (exact) mass is 454 g/mol. The summed E-state index contributed by atoms with van der Waals surface area (Å²) in [6.45, 7) is 4.52. The maximum atomic E-state index is 13.3. The lowest BCUT2D eigenvalue weighted by molar-refractivity contribution is 0.528. The summed E-state index contributed by atoms with van der Waals surface area (Å²) < 4.78 is 7.58. The first-order valence-electron chi connectivity index (χ1n) is 10.6. The molecule has 0 unspecified atom stereocenters. The summed E-state index contributed by atoms with van der Waals surface area (Å²) >= 11 is 1.42. The van der Waals surface area contributed by atoms with E-state index < -0.39 is 0 Å². The number of rotatable bonds is 6. The minimum absolute atomic E-state index is 0.0606. The van der Waals surface area contributed by atoms with Crippen molar-refractivity contribution in [1.29, 1.82) is 0 Å². The van der Waals surface area contributed by atoms with Crippen molar-refractivity contribution in [2.75, 3.05) is 0 Å². The first-order chi connectivity index (χ1) is 16.1. The van der Waals surface area contributed by atoms with E-state index in [-0.39, 0.29) is 5.56 Å². The van der Waals surface area contributed by atoms with Crippen molar-refractivity contribution >= 4 is 22.7 Å². The Kier molecular flexibility index (Phi) is 5.79. The van der Waals surface area contributed by atoms with E-state index in [0.717, 1.165) is 11.1 Å². The van der Waals surface area contributed by atoms with Gasteiger partial charge in [-0.3, -0.25) is 9.36 Å². The van der Waals surface area contributed by atoms with Gasteiger partial charge in [0.05, 0.1) is 23.2 Å². The predicted octanol–water partition coefficient (Wildman–Crippen LogP) is 5.40. The van der Waals surface area contributed by atoms with Gasteiger partial charge in [0.15, 0.2) is 5.16 Å². The second kappa shape index (κ2) is 9.03. The van der Waals surface area contributed by atoms with Crippen LogP contribution in [0, 0.1) is 13.8 Å². The summed E-state index contributed by atoms with van der Waals surface area (Å²) in [5.41, 5.74) is 4.89. The number of hydrogen-bond acceptors (Lipinski definition) is 6. The molecular weight excluding hydrogens is 432 g/mol. The Morgan fingerprint density at radius 3 is 2.33 bits per heavy atom. The number of aromatic nitrogens is 4. The molecule has 0 bridgehead atoms. The lowest BCUT2D eigenvalue weighted by Gasteiger charge is -2.13. The number of aryl methyl sites for hydroxylation is 2. The standard InChI is InChI=1S/C26H22N4O2S/c1-17-7-11-19(12-8-17)15-30-25(31)21-5-3-4-6-22(21)27-26(30)33-16-23-28-29-24(32-23)20-13-9-18(2)10-14-20/h3-14H,15-16H2,1-2H3. The summed E-state index contributed by atoms with van der Waals surface area (Å²) in [5.74, 6) is 1.38. The molecule has 6 nitrogen and oxygen atoms in total. The van der Waals surface area contributed by atoms with Gasteiger partial charge in [0, 0.05) is 5.56 Å². The van der Waals surface area contributed by atoms with E-state index in [0.29, 0.717) is 40.1 Å². The highest BCUT2D eigenvalue weighted by atomic mass is 32.2. The molecule has 0 fully saturated rings. The predicted molar refractivity (Wildman–Crippen MR) is 130 cm³/mol.